The van der Waals surface area contributed by atoms with Crippen molar-refractivity contribution in [1.29, 1.82) is 0 Å². The van der Waals surface area contributed by atoms with E-state index in [4.69, 9.17) is 9.97 Å². The molecule has 2 aliphatic rings. The van der Waals surface area contributed by atoms with E-state index in [0.29, 0.717) is 0 Å². The third-order valence-corrected chi connectivity index (χ3v) is 8.92. The van der Waals surface area contributed by atoms with E-state index in [2.05, 4.69) is 132 Å². The Bertz CT molecular complexity index is 2120. The van der Waals surface area contributed by atoms with Crippen LogP contribution in [0.15, 0.2) is 97.3 Å². The smallest absolute Gasteiger partial charge is 0.0794 e. The Kier molecular flexibility index (Phi) is 5.12. The molecule has 200 valence electrons. The quantitative estimate of drug-likeness (QED) is 0.228. The highest BCUT2D eigenvalue weighted by atomic mass is 15.1. The number of rotatable bonds is 6. The third-order valence-electron chi connectivity index (χ3n) is 8.92. The summed E-state index contributed by atoms with van der Waals surface area (Å²) in [6.07, 6.45) is 15.2. The van der Waals surface area contributed by atoms with Crippen LogP contribution in [0.25, 0.3) is 68.2 Å². The van der Waals surface area contributed by atoms with E-state index in [1.165, 1.54) is 64.3 Å². The number of aromatic nitrogens is 2. The highest BCUT2D eigenvalue weighted by molar-refractivity contribution is 6.31. The van der Waals surface area contributed by atoms with Crippen LogP contribution < -0.4 is 20.9 Å². The molecule has 2 aliphatic heterocycles. The zero-order valence-electron chi connectivity index (χ0n) is 23.2. The highest BCUT2D eigenvalue weighted by Gasteiger charge is 2.19. The summed E-state index contributed by atoms with van der Waals surface area (Å²) in [7, 11) is 0. The van der Waals surface area contributed by atoms with Gasteiger partial charge in [-0.15, -0.1) is 0 Å². The molecule has 0 spiro atoms. The van der Waals surface area contributed by atoms with Crippen LogP contribution in [0.5, 0.6) is 0 Å². The van der Waals surface area contributed by atoms with Gasteiger partial charge in [-0.3, -0.25) is 9.97 Å². The van der Waals surface area contributed by atoms with Crippen molar-refractivity contribution < 1.29 is 0 Å². The molecule has 0 unspecified atom stereocenters. The predicted octanol–water partition coefficient (Wildman–Crippen LogP) is 4.60. The van der Waals surface area contributed by atoms with Crippen LogP contribution >= 0.6 is 0 Å². The molecule has 0 amide bonds. The molecule has 2 aromatic heterocycles. The van der Waals surface area contributed by atoms with Gasteiger partial charge in [0, 0.05) is 93.0 Å². The van der Waals surface area contributed by atoms with Crippen molar-refractivity contribution in [2.45, 2.75) is 12.8 Å². The van der Waals surface area contributed by atoms with Crippen molar-refractivity contribution in [3.63, 3.8) is 0 Å². The summed E-state index contributed by atoms with van der Waals surface area (Å²) in [5, 5.41) is 12.2. The van der Waals surface area contributed by atoms with E-state index in [0.717, 1.165) is 37.0 Å². The molecule has 4 heteroatoms. The van der Waals surface area contributed by atoms with Crippen LogP contribution in [0.2, 0.25) is 0 Å². The lowest BCUT2D eigenvalue weighted by molar-refractivity contribution is 0.589. The molecule has 4 nitrogen and oxygen atoms in total. The van der Waals surface area contributed by atoms with Gasteiger partial charge in [0.1, 0.15) is 0 Å². The molecule has 0 atom stereocenters. The number of nitrogens with zero attached hydrogens (tertiary/aromatic N) is 4. The van der Waals surface area contributed by atoms with Crippen LogP contribution in [0.1, 0.15) is 11.1 Å². The second-order valence-corrected chi connectivity index (χ2v) is 11.5. The van der Waals surface area contributed by atoms with Crippen molar-refractivity contribution in [3.8, 4) is 0 Å². The number of benzene rings is 5. The molecule has 5 aromatic carbocycles. The van der Waals surface area contributed by atoms with E-state index < -0.39 is 0 Å². The van der Waals surface area contributed by atoms with Crippen LogP contribution in [0.4, 0.5) is 0 Å². The van der Waals surface area contributed by atoms with Gasteiger partial charge in [-0.1, -0.05) is 84.9 Å². The van der Waals surface area contributed by atoms with E-state index in [1.807, 2.05) is 0 Å². The van der Waals surface area contributed by atoms with Gasteiger partial charge < -0.3 is 9.80 Å². The molecule has 0 N–H and O–H groups in total. The summed E-state index contributed by atoms with van der Waals surface area (Å²) >= 11 is 0. The first-order valence-corrected chi connectivity index (χ1v) is 14.7. The Balaban J connectivity index is 1.18. The minimum Gasteiger partial charge on any atom is -0.353 e. The van der Waals surface area contributed by atoms with Crippen molar-refractivity contribution >= 4 is 68.2 Å². The normalized spacial score (nSPS) is 13.8. The summed E-state index contributed by atoms with van der Waals surface area (Å²) in [6, 6.07) is 30.4. The Morgan fingerprint density at radius 2 is 0.857 bits per heavy atom. The lowest BCUT2D eigenvalue weighted by atomic mass is 9.92. The molecule has 0 radical (unpaired) electrons. The molecule has 4 heterocycles. The van der Waals surface area contributed by atoms with Crippen LogP contribution in [0.3, 0.4) is 0 Å². The Hall–Kier alpha value is -5.22. The average molecular weight is 541 g/mol. The van der Waals surface area contributed by atoms with Gasteiger partial charge in [-0.25, -0.2) is 0 Å². The maximum absolute atomic E-state index is 5.11. The SMILES string of the molecule is C1=c2ccc3c4ncc5c6c(ccc(c7ncc(c2c37)=CN1CCc1ccccc1)c64)=CN(CCc1ccccc1)C=5. The van der Waals surface area contributed by atoms with Gasteiger partial charge in [0.15, 0.2) is 0 Å². The lowest BCUT2D eigenvalue weighted by Crippen LogP contribution is -2.29. The van der Waals surface area contributed by atoms with Gasteiger partial charge in [-0.2, -0.15) is 0 Å². The van der Waals surface area contributed by atoms with Crippen molar-refractivity contribution in [1.82, 2.24) is 19.8 Å². The zero-order valence-corrected chi connectivity index (χ0v) is 23.2. The number of hydrogen-bond donors (Lipinski definition) is 0. The summed E-state index contributed by atoms with van der Waals surface area (Å²) in [5.74, 6) is 0. The topological polar surface area (TPSA) is 32.3 Å². The second-order valence-electron chi connectivity index (χ2n) is 11.5. The Labute approximate surface area is 242 Å². The summed E-state index contributed by atoms with van der Waals surface area (Å²) in [4.78, 5) is 14.8. The number of pyridine rings is 2. The van der Waals surface area contributed by atoms with Gasteiger partial charge >= 0.3 is 0 Å². The van der Waals surface area contributed by atoms with Crippen LogP contribution in [0, 0.1) is 0 Å². The predicted molar refractivity (Wildman–Crippen MR) is 173 cm³/mol. The fourth-order valence-electron chi connectivity index (χ4n) is 6.94. The molecule has 0 bridgehead atoms. The molecule has 0 saturated carbocycles. The van der Waals surface area contributed by atoms with E-state index in [-0.39, 0.29) is 0 Å². The average Bonchev–Trinajstić information content (AvgIpc) is 3.05. The van der Waals surface area contributed by atoms with E-state index in [1.54, 1.807) is 0 Å². The molecule has 7 aromatic rings. The standard InChI is InChI=1S/C38H28N4/c1-3-7-25(8-4-1)15-17-41-21-27-11-13-31-35-33(27)29(23-41)19-39-37(35)32-14-12-28-22-42(18-16-26-9-5-2-6-10-26)24-30-20-40-38(31)36(32)34(28)30/h1-14,19-24H,15-18H2. The van der Waals surface area contributed by atoms with Gasteiger partial charge in [0.2, 0.25) is 0 Å². The third kappa shape index (κ3) is 3.61. The largest absolute Gasteiger partial charge is 0.353 e. The van der Waals surface area contributed by atoms with Crippen molar-refractivity contribution in [3.05, 3.63) is 129 Å². The zero-order chi connectivity index (χ0) is 27.6. The number of hydrogen-bond acceptors (Lipinski definition) is 4. The minimum atomic E-state index is 0.930. The van der Waals surface area contributed by atoms with Crippen LogP contribution in [-0.4, -0.2) is 32.9 Å². The fourth-order valence-corrected chi connectivity index (χ4v) is 6.94. The Morgan fingerprint density at radius 3 is 1.31 bits per heavy atom. The van der Waals surface area contributed by atoms with Gasteiger partial charge in [0.05, 0.1) is 11.0 Å². The number of fused-ring (bicyclic) bond motifs is 2. The minimum absolute atomic E-state index is 0.930. The second kappa shape index (κ2) is 9.15. The summed E-state index contributed by atoms with van der Waals surface area (Å²) < 4.78 is 0. The van der Waals surface area contributed by atoms with Crippen molar-refractivity contribution in [2.75, 3.05) is 13.1 Å². The molecule has 42 heavy (non-hydrogen) atoms. The lowest BCUT2D eigenvalue weighted by Gasteiger charge is -2.22. The molecule has 0 fully saturated rings. The molecular weight excluding hydrogens is 512 g/mol. The Morgan fingerprint density at radius 1 is 0.429 bits per heavy atom. The summed E-state index contributed by atoms with van der Waals surface area (Å²) in [6.45, 7) is 1.86. The maximum Gasteiger partial charge on any atom is 0.0794 e. The molecule has 9 rings (SSSR count). The maximum atomic E-state index is 5.11. The monoisotopic (exact) mass is 540 g/mol. The molecular formula is C38H28N4. The fraction of sp³-hybridized carbons (Fsp3) is 0.105. The van der Waals surface area contributed by atoms with Crippen molar-refractivity contribution in [2.24, 2.45) is 0 Å². The van der Waals surface area contributed by atoms with Gasteiger partial charge in [0.25, 0.3) is 0 Å². The van der Waals surface area contributed by atoms with Gasteiger partial charge in [-0.05, 0) is 34.4 Å². The molecule has 0 aliphatic carbocycles. The van der Waals surface area contributed by atoms with E-state index >= 15 is 0 Å². The first-order chi connectivity index (χ1) is 20.8. The first kappa shape index (κ1) is 23.5. The summed E-state index contributed by atoms with van der Waals surface area (Å²) in [5.41, 5.74) is 4.83. The van der Waals surface area contributed by atoms with E-state index in [9.17, 15) is 0 Å². The van der Waals surface area contributed by atoms with Crippen LogP contribution in [-0.2, 0) is 12.8 Å². The highest BCUT2D eigenvalue weighted by Crippen LogP contribution is 2.35. The first-order valence-electron chi connectivity index (χ1n) is 14.7. The molecule has 0 saturated heterocycles.